The standard InChI is InChI=1S/C9H19NO2/c1-8(2)12-7-9-6-11-5-4-10(9)3/h8-9H,4-7H2,1-3H3/t9-/m1/s1. The lowest BCUT2D eigenvalue weighted by atomic mass is 10.2. The predicted octanol–water partition coefficient (Wildman–Crippen LogP) is 0.742. The summed E-state index contributed by atoms with van der Waals surface area (Å²) >= 11 is 0. The molecule has 0 N–H and O–H groups in total. The highest BCUT2D eigenvalue weighted by atomic mass is 16.5. The second-order valence-corrected chi connectivity index (χ2v) is 3.59. The van der Waals surface area contributed by atoms with Crippen LogP contribution in [0.1, 0.15) is 13.8 Å². The van der Waals surface area contributed by atoms with Crippen LogP contribution in [0, 0.1) is 0 Å². The molecule has 1 atom stereocenters. The Hall–Kier alpha value is -0.120. The molecule has 0 bridgehead atoms. The van der Waals surface area contributed by atoms with E-state index in [1.165, 1.54) is 0 Å². The van der Waals surface area contributed by atoms with Crippen molar-refractivity contribution in [2.45, 2.75) is 26.0 Å². The average Bonchev–Trinajstić information content (AvgIpc) is 2.03. The highest BCUT2D eigenvalue weighted by Crippen LogP contribution is 2.05. The third kappa shape index (κ3) is 3.09. The van der Waals surface area contributed by atoms with E-state index in [2.05, 4.69) is 25.8 Å². The fraction of sp³-hybridized carbons (Fsp3) is 1.00. The molecular weight excluding hydrogens is 154 g/mol. The molecule has 0 aromatic heterocycles. The van der Waals surface area contributed by atoms with Crippen LogP contribution in [0.5, 0.6) is 0 Å². The number of hydrogen-bond donors (Lipinski definition) is 0. The molecule has 0 spiro atoms. The van der Waals surface area contributed by atoms with Crippen LogP contribution in [0.15, 0.2) is 0 Å². The summed E-state index contributed by atoms with van der Waals surface area (Å²) in [6, 6.07) is 0.446. The summed E-state index contributed by atoms with van der Waals surface area (Å²) in [5.41, 5.74) is 0. The van der Waals surface area contributed by atoms with E-state index >= 15 is 0 Å². The monoisotopic (exact) mass is 173 g/mol. The highest BCUT2D eigenvalue weighted by Gasteiger charge is 2.19. The molecule has 0 radical (unpaired) electrons. The van der Waals surface area contributed by atoms with Gasteiger partial charge >= 0.3 is 0 Å². The number of likely N-dealkylation sites (N-methyl/N-ethyl adjacent to an activating group) is 1. The smallest absolute Gasteiger partial charge is 0.0647 e. The minimum absolute atomic E-state index is 0.320. The average molecular weight is 173 g/mol. The Kier molecular flexibility index (Phi) is 3.98. The van der Waals surface area contributed by atoms with Gasteiger partial charge in [-0.1, -0.05) is 0 Å². The minimum Gasteiger partial charge on any atom is -0.378 e. The summed E-state index contributed by atoms with van der Waals surface area (Å²) in [7, 11) is 2.12. The van der Waals surface area contributed by atoms with Gasteiger partial charge in [0.2, 0.25) is 0 Å². The third-order valence-corrected chi connectivity index (χ3v) is 2.14. The maximum atomic E-state index is 5.53. The molecule has 0 saturated carbocycles. The fourth-order valence-electron chi connectivity index (χ4n) is 1.22. The molecule has 72 valence electrons. The van der Waals surface area contributed by atoms with Crippen LogP contribution in [-0.2, 0) is 9.47 Å². The zero-order valence-electron chi connectivity index (χ0n) is 8.25. The predicted molar refractivity (Wildman–Crippen MR) is 48.3 cm³/mol. The minimum atomic E-state index is 0.320. The van der Waals surface area contributed by atoms with E-state index in [1.807, 2.05) is 0 Å². The van der Waals surface area contributed by atoms with Crippen LogP contribution in [0.4, 0.5) is 0 Å². The second kappa shape index (κ2) is 4.80. The molecule has 1 aliphatic rings. The van der Waals surface area contributed by atoms with Crippen LogP contribution < -0.4 is 0 Å². The van der Waals surface area contributed by atoms with E-state index in [-0.39, 0.29) is 0 Å². The van der Waals surface area contributed by atoms with Crippen LogP contribution in [0.2, 0.25) is 0 Å². The lowest BCUT2D eigenvalue weighted by Gasteiger charge is -2.32. The Morgan fingerprint density at radius 1 is 1.58 bits per heavy atom. The van der Waals surface area contributed by atoms with Crippen molar-refractivity contribution in [2.75, 3.05) is 33.4 Å². The first-order valence-corrected chi connectivity index (χ1v) is 4.59. The molecule has 0 aromatic rings. The molecule has 0 aliphatic carbocycles. The molecule has 1 rings (SSSR count). The summed E-state index contributed by atoms with van der Waals surface area (Å²) in [4.78, 5) is 2.30. The van der Waals surface area contributed by atoms with Crippen molar-refractivity contribution in [2.24, 2.45) is 0 Å². The molecule has 3 nitrogen and oxygen atoms in total. The van der Waals surface area contributed by atoms with Gasteiger partial charge in [-0.25, -0.2) is 0 Å². The van der Waals surface area contributed by atoms with Crippen molar-refractivity contribution in [1.29, 1.82) is 0 Å². The van der Waals surface area contributed by atoms with Crippen LogP contribution >= 0.6 is 0 Å². The first kappa shape index (κ1) is 9.96. The topological polar surface area (TPSA) is 21.7 Å². The van der Waals surface area contributed by atoms with E-state index in [0.717, 1.165) is 26.4 Å². The maximum Gasteiger partial charge on any atom is 0.0647 e. The van der Waals surface area contributed by atoms with E-state index < -0.39 is 0 Å². The summed E-state index contributed by atoms with van der Waals surface area (Å²) in [5, 5.41) is 0. The summed E-state index contributed by atoms with van der Waals surface area (Å²) in [6.07, 6.45) is 0.320. The van der Waals surface area contributed by atoms with Crippen LogP contribution in [-0.4, -0.2) is 50.5 Å². The van der Waals surface area contributed by atoms with Crippen molar-refractivity contribution < 1.29 is 9.47 Å². The van der Waals surface area contributed by atoms with Gasteiger partial charge in [-0.3, -0.25) is 4.90 Å². The third-order valence-electron chi connectivity index (χ3n) is 2.14. The molecule has 0 unspecified atom stereocenters. The second-order valence-electron chi connectivity index (χ2n) is 3.59. The lowest BCUT2D eigenvalue weighted by molar-refractivity contribution is -0.0440. The van der Waals surface area contributed by atoms with Crippen molar-refractivity contribution >= 4 is 0 Å². The number of morpholine rings is 1. The van der Waals surface area contributed by atoms with Gasteiger partial charge < -0.3 is 9.47 Å². The zero-order valence-corrected chi connectivity index (χ0v) is 8.25. The van der Waals surface area contributed by atoms with Crippen molar-refractivity contribution in [3.8, 4) is 0 Å². The van der Waals surface area contributed by atoms with Crippen molar-refractivity contribution in [3.05, 3.63) is 0 Å². The summed E-state index contributed by atoms with van der Waals surface area (Å²) < 4.78 is 10.9. The van der Waals surface area contributed by atoms with Crippen LogP contribution in [0.25, 0.3) is 0 Å². The lowest BCUT2D eigenvalue weighted by Crippen LogP contribution is -2.45. The van der Waals surface area contributed by atoms with Gasteiger partial charge in [0, 0.05) is 6.54 Å². The van der Waals surface area contributed by atoms with E-state index in [0.29, 0.717) is 12.1 Å². The first-order valence-electron chi connectivity index (χ1n) is 4.59. The SMILES string of the molecule is CC(C)OC[C@H]1COCCN1C. The normalized spacial score (nSPS) is 26.5. The van der Waals surface area contributed by atoms with Crippen molar-refractivity contribution in [1.82, 2.24) is 4.90 Å². The van der Waals surface area contributed by atoms with E-state index in [4.69, 9.17) is 9.47 Å². The Bertz CT molecular complexity index is 128. The van der Waals surface area contributed by atoms with Gasteiger partial charge in [-0.15, -0.1) is 0 Å². The van der Waals surface area contributed by atoms with E-state index in [9.17, 15) is 0 Å². The number of rotatable bonds is 3. The molecule has 1 aliphatic heterocycles. The molecule has 1 saturated heterocycles. The number of nitrogens with zero attached hydrogens (tertiary/aromatic N) is 1. The van der Waals surface area contributed by atoms with Gasteiger partial charge in [-0.2, -0.15) is 0 Å². The van der Waals surface area contributed by atoms with Crippen LogP contribution in [0.3, 0.4) is 0 Å². The van der Waals surface area contributed by atoms with Gasteiger partial charge in [0.05, 0.1) is 32.0 Å². The Balaban J connectivity index is 2.20. The molecule has 3 heteroatoms. The fourth-order valence-corrected chi connectivity index (χ4v) is 1.22. The van der Waals surface area contributed by atoms with Gasteiger partial charge in [0.1, 0.15) is 0 Å². The Labute approximate surface area is 74.6 Å². The Morgan fingerprint density at radius 3 is 2.92 bits per heavy atom. The molecule has 12 heavy (non-hydrogen) atoms. The highest BCUT2D eigenvalue weighted by molar-refractivity contribution is 4.71. The maximum absolute atomic E-state index is 5.53. The van der Waals surface area contributed by atoms with Gasteiger partial charge in [-0.05, 0) is 20.9 Å². The Morgan fingerprint density at radius 2 is 2.33 bits per heavy atom. The quantitative estimate of drug-likeness (QED) is 0.628. The van der Waals surface area contributed by atoms with E-state index in [1.54, 1.807) is 0 Å². The van der Waals surface area contributed by atoms with Gasteiger partial charge in [0.15, 0.2) is 0 Å². The number of hydrogen-bond acceptors (Lipinski definition) is 3. The number of ether oxygens (including phenoxy) is 2. The largest absolute Gasteiger partial charge is 0.378 e. The first-order chi connectivity index (χ1) is 5.70. The molecule has 0 aromatic carbocycles. The molecule has 1 fully saturated rings. The molecule has 1 heterocycles. The zero-order chi connectivity index (χ0) is 8.97. The molecule has 0 amide bonds. The molecular formula is C9H19NO2. The van der Waals surface area contributed by atoms with Crippen molar-refractivity contribution in [3.63, 3.8) is 0 Å². The van der Waals surface area contributed by atoms with Gasteiger partial charge in [0.25, 0.3) is 0 Å². The summed E-state index contributed by atoms with van der Waals surface area (Å²) in [6.45, 7) is 7.59. The summed E-state index contributed by atoms with van der Waals surface area (Å²) in [5.74, 6) is 0.